The second kappa shape index (κ2) is 6.24. The monoisotopic (exact) mass is 419 g/mol. The molecular weight excluding hydrogens is 412 g/mol. The van der Waals surface area contributed by atoms with Gasteiger partial charge in [-0.3, -0.25) is 4.79 Å². The maximum atomic E-state index is 13.3. The van der Waals surface area contributed by atoms with E-state index in [0.29, 0.717) is 26.3 Å². The van der Waals surface area contributed by atoms with Crippen LogP contribution in [0.25, 0.3) is 0 Å². The molecule has 0 aliphatic carbocycles. The first-order valence-corrected chi connectivity index (χ1v) is 7.57. The van der Waals surface area contributed by atoms with Crippen molar-refractivity contribution < 1.29 is 9.18 Å². The summed E-state index contributed by atoms with van der Waals surface area (Å²) in [5.41, 5.74) is 1.52. The van der Waals surface area contributed by atoms with Crippen molar-refractivity contribution in [1.29, 1.82) is 0 Å². The Bertz CT molecular complexity index is 691. The van der Waals surface area contributed by atoms with Gasteiger partial charge in [-0.25, -0.2) is 4.39 Å². The topological polar surface area (TPSA) is 29.1 Å². The van der Waals surface area contributed by atoms with E-state index < -0.39 is 0 Å². The van der Waals surface area contributed by atoms with E-state index in [0.717, 1.165) is 4.47 Å². The third kappa shape index (κ3) is 3.40. The number of benzene rings is 2. The molecule has 0 bridgehead atoms. The van der Waals surface area contributed by atoms with E-state index in [-0.39, 0.29) is 11.7 Å². The highest BCUT2D eigenvalue weighted by Gasteiger charge is 2.13. The van der Waals surface area contributed by atoms with Crippen LogP contribution in [0.5, 0.6) is 0 Å². The summed E-state index contributed by atoms with van der Waals surface area (Å²) in [6.07, 6.45) is 0. The molecule has 2 nitrogen and oxygen atoms in total. The summed E-state index contributed by atoms with van der Waals surface area (Å²) in [7, 11) is 0. The lowest BCUT2D eigenvalue weighted by atomic mass is 10.1. The van der Waals surface area contributed by atoms with Gasteiger partial charge in [0.05, 0.1) is 15.1 Å². The van der Waals surface area contributed by atoms with Gasteiger partial charge in [-0.05, 0) is 58.7 Å². The smallest absolute Gasteiger partial charge is 0.257 e. The minimum Gasteiger partial charge on any atom is -0.322 e. The number of carbonyl (C=O) groups is 1. The number of rotatable bonds is 2. The molecule has 0 heterocycles. The molecule has 2 aromatic rings. The minimum absolute atomic E-state index is 0.292. The molecule has 0 radical (unpaired) electrons. The predicted molar refractivity (Wildman–Crippen MR) is 85.9 cm³/mol. The second-order valence-electron chi connectivity index (χ2n) is 4.16. The van der Waals surface area contributed by atoms with E-state index in [1.807, 2.05) is 0 Å². The fourth-order valence-electron chi connectivity index (χ4n) is 1.64. The van der Waals surface area contributed by atoms with Crippen LogP contribution in [-0.2, 0) is 0 Å². The van der Waals surface area contributed by atoms with Crippen LogP contribution in [0.4, 0.5) is 10.1 Å². The number of amides is 1. The molecule has 2 rings (SSSR count). The number of hydrogen-bond donors (Lipinski definition) is 1. The van der Waals surface area contributed by atoms with Gasteiger partial charge in [-0.2, -0.15) is 0 Å². The third-order valence-electron chi connectivity index (χ3n) is 2.69. The lowest BCUT2D eigenvalue weighted by Gasteiger charge is -2.10. The maximum absolute atomic E-state index is 13.3. The summed E-state index contributed by atoms with van der Waals surface area (Å²) in [5.74, 6) is -0.716. The van der Waals surface area contributed by atoms with Crippen molar-refractivity contribution >= 4 is 55.1 Å². The number of anilines is 1. The van der Waals surface area contributed by atoms with Crippen LogP contribution in [0.3, 0.4) is 0 Å². The Labute approximate surface area is 137 Å². The molecule has 0 aromatic heterocycles. The Hall–Kier alpha value is -0.910. The molecule has 1 N–H and O–H groups in total. The summed E-state index contributed by atoms with van der Waals surface area (Å²) in [6.45, 7) is 1.72. The van der Waals surface area contributed by atoms with Gasteiger partial charge in [-0.1, -0.05) is 27.5 Å². The lowest BCUT2D eigenvalue weighted by molar-refractivity contribution is 0.102. The van der Waals surface area contributed by atoms with Gasteiger partial charge in [0.25, 0.3) is 5.91 Å². The van der Waals surface area contributed by atoms with Crippen molar-refractivity contribution in [2.45, 2.75) is 6.92 Å². The first kappa shape index (κ1) is 15.5. The Morgan fingerprint density at radius 1 is 1.25 bits per heavy atom. The van der Waals surface area contributed by atoms with Crippen molar-refractivity contribution in [3.63, 3.8) is 0 Å². The van der Waals surface area contributed by atoms with Crippen molar-refractivity contribution in [3.05, 3.63) is 61.2 Å². The van der Waals surface area contributed by atoms with Crippen molar-refractivity contribution in [2.24, 2.45) is 0 Å². The van der Waals surface area contributed by atoms with Crippen LogP contribution in [0.1, 0.15) is 15.9 Å². The zero-order valence-electron chi connectivity index (χ0n) is 10.3. The SMILES string of the molecule is Cc1cc(F)c(Br)cc1NC(=O)c1ccc(Br)cc1Cl. The zero-order valence-corrected chi connectivity index (χ0v) is 14.2. The molecule has 20 heavy (non-hydrogen) atoms. The molecule has 0 saturated heterocycles. The normalized spacial score (nSPS) is 10.4. The first-order valence-electron chi connectivity index (χ1n) is 5.60. The Balaban J connectivity index is 2.30. The van der Waals surface area contributed by atoms with E-state index in [1.165, 1.54) is 12.1 Å². The van der Waals surface area contributed by atoms with Gasteiger partial charge in [0, 0.05) is 10.2 Å². The average molecular weight is 421 g/mol. The number of halogens is 4. The van der Waals surface area contributed by atoms with Gasteiger partial charge in [0.15, 0.2) is 0 Å². The van der Waals surface area contributed by atoms with Gasteiger partial charge in [0.2, 0.25) is 0 Å². The average Bonchev–Trinajstić information content (AvgIpc) is 2.35. The van der Waals surface area contributed by atoms with Crippen LogP contribution in [0, 0.1) is 12.7 Å². The largest absolute Gasteiger partial charge is 0.322 e. The van der Waals surface area contributed by atoms with Crippen molar-refractivity contribution in [3.8, 4) is 0 Å². The Morgan fingerprint density at radius 2 is 1.95 bits per heavy atom. The number of hydrogen-bond acceptors (Lipinski definition) is 1. The Kier molecular flexibility index (Phi) is 4.83. The summed E-state index contributed by atoms with van der Waals surface area (Å²) < 4.78 is 14.4. The molecule has 0 fully saturated rings. The van der Waals surface area contributed by atoms with Gasteiger partial charge in [-0.15, -0.1) is 0 Å². The highest BCUT2D eigenvalue weighted by Crippen LogP contribution is 2.26. The fourth-order valence-corrected chi connectivity index (χ4v) is 2.75. The van der Waals surface area contributed by atoms with Gasteiger partial charge >= 0.3 is 0 Å². The molecule has 0 unspecified atom stereocenters. The van der Waals surface area contributed by atoms with E-state index >= 15 is 0 Å². The van der Waals surface area contributed by atoms with Gasteiger partial charge < -0.3 is 5.32 Å². The van der Waals surface area contributed by atoms with Crippen LogP contribution in [-0.4, -0.2) is 5.91 Å². The quantitative estimate of drug-likeness (QED) is 0.675. The predicted octanol–water partition coefficient (Wildman–Crippen LogP) is 5.56. The molecule has 104 valence electrons. The van der Waals surface area contributed by atoms with Gasteiger partial charge in [0.1, 0.15) is 5.82 Å². The molecule has 1 amide bonds. The van der Waals surface area contributed by atoms with Crippen LogP contribution < -0.4 is 5.32 Å². The minimum atomic E-state index is -0.373. The lowest BCUT2D eigenvalue weighted by Crippen LogP contribution is -2.13. The van der Waals surface area contributed by atoms with Crippen LogP contribution in [0.2, 0.25) is 5.02 Å². The van der Waals surface area contributed by atoms with Crippen LogP contribution >= 0.6 is 43.5 Å². The molecule has 2 aromatic carbocycles. The molecule has 6 heteroatoms. The summed E-state index contributed by atoms with van der Waals surface area (Å²) in [4.78, 5) is 12.2. The maximum Gasteiger partial charge on any atom is 0.257 e. The molecule has 0 spiro atoms. The standard InChI is InChI=1S/C14H9Br2ClFNO/c1-7-4-12(18)10(16)6-13(7)19-14(20)9-3-2-8(15)5-11(9)17/h2-6H,1H3,(H,19,20). The van der Waals surface area contributed by atoms with E-state index in [4.69, 9.17) is 11.6 Å². The summed E-state index contributed by atoms with van der Waals surface area (Å²) in [5, 5.41) is 3.06. The molecule has 0 aliphatic heterocycles. The molecule has 0 aliphatic rings. The fraction of sp³-hybridized carbons (Fsp3) is 0.0714. The third-order valence-corrected chi connectivity index (χ3v) is 4.10. The summed E-state index contributed by atoms with van der Waals surface area (Å²) >= 11 is 12.4. The van der Waals surface area contributed by atoms with Crippen molar-refractivity contribution in [2.75, 3.05) is 5.32 Å². The summed E-state index contributed by atoms with van der Waals surface area (Å²) in [6, 6.07) is 7.87. The van der Waals surface area contributed by atoms with Crippen molar-refractivity contribution in [1.82, 2.24) is 0 Å². The van der Waals surface area contributed by atoms with E-state index in [2.05, 4.69) is 37.2 Å². The van der Waals surface area contributed by atoms with Crippen LogP contribution in [0.15, 0.2) is 39.3 Å². The van der Waals surface area contributed by atoms with E-state index in [1.54, 1.807) is 25.1 Å². The molecule has 0 saturated carbocycles. The molecule has 0 atom stereocenters. The number of nitrogens with one attached hydrogen (secondary N) is 1. The highest BCUT2D eigenvalue weighted by atomic mass is 79.9. The Morgan fingerprint density at radius 3 is 2.60 bits per heavy atom. The van der Waals surface area contributed by atoms with E-state index in [9.17, 15) is 9.18 Å². The first-order chi connectivity index (χ1) is 9.38. The highest BCUT2D eigenvalue weighted by molar-refractivity contribution is 9.10. The molecular formula is C14H9Br2ClFNO. The number of carbonyl (C=O) groups excluding carboxylic acids is 1. The zero-order chi connectivity index (χ0) is 14.9. The number of aryl methyl sites for hydroxylation is 1. The second-order valence-corrected chi connectivity index (χ2v) is 6.34.